The lowest BCUT2D eigenvalue weighted by Crippen LogP contribution is -2.43. The number of carbonyl (C=O) groups is 2. The number of guanidine groups is 1. The molecule has 0 saturated carbocycles. The van der Waals surface area contributed by atoms with E-state index in [1.54, 1.807) is 30.5 Å². The van der Waals surface area contributed by atoms with Crippen molar-refractivity contribution < 1.29 is 9.59 Å². The average Bonchev–Trinajstić information content (AvgIpc) is 2.92. The molecule has 0 aliphatic carbocycles. The van der Waals surface area contributed by atoms with Crippen LogP contribution in [0.4, 0.5) is 0 Å². The minimum atomic E-state index is -0.247. The van der Waals surface area contributed by atoms with Gasteiger partial charge in [-0.05, 0) is 31.2 Å². The maximum Gasteiger partial charge on any atom is 0.261 e. The van der Waals surface area contributed by atoms with Gasteiger partial charge in [-0.15, -0.1) is 24.0 Å². The van der Waals surface area contributed by atoms with Crippen molar-refractivity contribution in [2.75, 3.05) is 19.6 Å². The van der Waals surface area contributed by atoms with Gasteiger partial charge in [0.15, 0.2) is 5.96 Å². The molecule has 1 aliphatic rings. The topological polar surface area (TPSA) is 86.7 Å². The molecule has 8 heteroatoms. The van der Waals surface area contributed by atoms with Crippen molar-refractivity contribution in [2.45, 2.75) is 13.5 Å². The summed E-state index contributed by atoms with van der Waals surface area (Å²) in [6, 6.07) is 12.6. The highest BCUT2D eigenvalue weighted by Crippen LogP contribution is 2.21. The molecular weight excluding hydrogens is 457 g/mol. The monoisotopic (exact) mass is 479 g/mol. The van der Waals surface area contributed by atoms with Crippen LogP contribution in [-0.2, 0) is 6.54 Å². The van der Waals surface area contributed by atoms with Crippen molar-refractivity contribution in [3.8, 4) is 0 Å². The Balaban J connectivity index is 0.00000261. The molecule has 0 saturated heterocycles. The molecule has 1 aromatic heterocycles. The van der Waals surface area contributed by atoms with Gasteiger partial charge < -0.3 is 10.6 Å². The Kier molecular flexibility index (Phi) is 7.71. The Hall–Kier alpha value is -2.49. The van der Waals surface area contributed by atoms with E-state index in [1.807, 2.05) is 25.1 Å². The molecule has 0 radical (unpaired) electrons. The average molecular weight is 479 g/mol. The molecule has 0 atom stereocenters. The predicted molar refractivity (Wildman–Crippen MR) is 114 cm³/mol. The van der Waals surface area contributed by atoms with Gasteiger partial charge >= 0.3 is 0 Å². The molecule has 7 nitrogen and oxygen atoms in total. The predicted octanol–water partition coefficient (Wildman–Crippen LogP) is 2.05. The molecule has 2 amide bonds. The number of nitrogens with one attached hydrogen (secondary N) is 2. The van der Waals surface area contributed by atoms with Gasteiger partial charge in [-0.2, -0.15) is 0 Å². The van der Waals surface area contributed by atoms with Crippen LogP contribution < -0.4 is 10.6 Å². The number of imide groups is 1. The fourth-order valence-electron chi connectivity index (χ4n) is 2.72. The number of nitrogens with zero attached hydrogens (tertiary/aromatic N) is 3. The number of halogens is 1. The van der Waals surface area contributed by atoms with E-state index in [4.69, 9.17) is 0 Å². The van der Waals surface area contributed by atoms with Gasteiger partial charge in [0.25, 0.3) is 11.8 Å². The van der Waals surface area contributed by atoms with Crippen LogP contribution in [0.2, 0.25) is 0 Å². The zero-order valence-corrected chi connectivity index (χ0v) is 17.3. The molecule has 3 rings (SSSR count). The Morgan fingerprint density at radius 3 is 2.30 bits per heavy atom. The number of aromatic nitrogens is 1. The van der Waals surface area contributed by atoms with Crippen molar-refractivity contribution in [1.82, 2.24) is 20.5 Å². The second kappa shape index (κ2) is 10.0. The summed E-state index contributed by atoms with van der Waals surface area (Å²) in [4.78, 5) is 34.7. The molecule has 2 N–H and O–H groups in total. The highest BCUT2D eigenvalue weighted by Gasteiger charge is 2.34. The van der Waals surface area contributed by atoms with E-state index >= 15 is 0 Å². The summed E-state index contributed by atoms with van der Waals surface area (Å²) in [6.07, 6.45) is 1.73. The molecule has 0 bridgehead atoms. The second-order valence-electron chi connectivity index (χ2n) is 5.75. The van der Waals surface area contributed by atoms with Crippen LogP contribution in [0.1, 0.15) is 33.3 Å². The molecule has 0 fully saturated rings. The lowest BCUT2D eigenvalue weighted by atomic mass is 10.1. The molecule has 27 heavy (non-hydrogen) atoms. The van der Waals surface area contributed by atoms with E-state index in [-0.39, 0.29) is 42.3 Å². The smallest absolute Gasteiger partial charge is 0.261 e. The Morgan fingerprint density at radius 2 is 1.70 bits per heavy atom. The first-order valence-electron chi connectivity index (χ1n) is 8.58. The normalized spacial score (nSPS) is 13.2. The summed E-state index contributed by atoms with van der Waals surface area (Å²) in [5.41, 5.74) is 1.80. The molecule has 142 valence electrons. The van der Waals surface area contributed by atoms with Gasteiger partial charge in [-0.3, -0.25) is 19.5 Å². The number of pyridine rings is 1. The first-order valence-corrected chi connectivity index (χ1v) is 8.58. The van der Waals surface area contributed by atoms with Gasteiger partial charge in [0.2, 0.25) is 0 Å². The number of hydrogen-bond donors (Lipinski definition) is 2. The summed E-state index contributed by atoms with van der Waals surface area (Å²) >= 11 is 0. The minimum Gasteiger partial charge on any atom is -0.357 e. The number of aliphatic imine (C=N–C) groups is 1. The number of fused-ring (bicyclic) bond motifs is 1. The fourth-order valence-corrected chi connectivity index (χ4v) is 2.72. The van der Waals surface area contributed by atoms with Crippen molar-refractivity contribution in [2.24, 2.45) is 4.99 Å². The van der Waals surface area contributed by atoms with Gasteiger partial charge in [0.1, 0.15) is 0 Å². The third-order valence-electron chi connectivity index (χ3n) is 3.98. The highest BCUT2D eigenvalue weighted by atomic mass is 127. The number of hydrogen-bond acceptors (Lipinski definition) is 4. The summed E-state index contributed by atoms with van der Waals surface area (Å²) in [6.45, 7) is 3.83. The van der Waals surface area contributed by atoms with E-state index in [0.29, 0.717) is 36.7 Å². The SMILES string of the molecule is CCNC(=NCc1ccccn1)NCCN1C(=O)c2ccccc2C1=O.I. The maximum atomic E-state index is 12.3. The van der Waals surface area contributed by atoms with E-state index in [0.717, 1.165) is 5.69 Å². The molecule has 2 aromatic rings. The molecule has 0 spiro atoms. The molecule has 1 aromatic carbocycles. The molecular formula is C19H22IN5O2. The van der Waals surface area contributed by atoms with Crippen LogP contribution >= 0.6 is 24.0 Å². The Bertz CT molecular complexity index is 791. The largest absolute Gasteiger partial charge is 0.357 e. The third kappa shape index (κ3) is 5.03. The van der Waals surface area contributed by atoms with Crippen molar-refractivity contribution in [3.63, 3.8) is 0 Å². The minimum absolute atomic E-state index is 0. The number of rotatable bonds is 6. The highest BCUT2D eigenvalue weighted by molar-refractivity contribution is 14.0. The Labute approximate surface area is 175 Å². The van der Waals surface area contributed by atoms with Crippen molar-refractivity contribution >= 4 is 41.8 Å². The second-order valence-corrected chi connectivity index (χ2v) is 5.75. The van der Waals surface area contributed by atoms with Crippen molar-refractivity contribution in [1.29, 1.82) is 0 Å². The van der Waals surface area contributed by atoms with E-state index in [1.165, 1.54) is 4.90 Å². The van der Waals surface area contributed by atoms with Crippen LogP contribution in [0.25, 0.3) is 0 Å². The van der Waals surface area contributed by atoms with Crippen LogP contribution in [0.15, 0.2) is 53.7 Å². The van der Waals surface area contributed by atoms with Gasteiger partial charge in [-0.25, -0.2) is 4.99 Å². The molecule has 2 heterocycles. The standard InChI is InChI=1S/C19H21N5O2.HI/c1-2-20-19(23-13-14-7-5-6-10-21-14)22-11-12-24-17(25)15-8-3-4-9-16(15)18(24)26;/h3-10H,2,11-13H2,1H3,(H2,20,22,23);1H. The van der Waals surface area contributed by atoms with E-state index < -0.39 is 0 Å². The molecule has 0 unspecified atom stereocenters. The van der Waals surface area contributed by atoms with E-state index in [2.05, 4.69) is 20.6 Å². The lowest BCUT2D eigenvalue weighted by Gasteiger charge is -2.16. The van der Waals surface area contributed by atoms with Crippen molar-refractivity contribution in [3.05, 3.63) is 65.5 Å². The third-order valence-corrected chi connectivity index (χ3v) is 3.98. The van der Waals surface area contributed by atoms with E-state index in [9.17, 15) is 9.59 Å². The first-order chi connectivity index (χ1) is 12.7. The zero-order valence-electron chi connectivity index (χ0n) is 15.0. The van der Waals surface area contributed by atoms with Crippen LogP contribution in [0, 0.1) is 0 Å². The van der Waals surface area contributed by atoms with Crippen LogP contribution in [0.3, 0.4) is 0 Å². The van der Waals surface area contributed by atoms with Gasteiger partial charge in [0, 0.05) is 25.8 Å². The van der Waals surface area contributed by atoms with Crippen LogP contribution in [0.5, 0.6) is 0 Å². The van der Waals surface area contributed by atoms with Gasteiger partial charge in [-0.1, -0.05) is 18.2 Å². The van der Waals surface area contributed by atoms with Crippen LogP contribution in [-0.4, -0.2) is 47.3 Å². The number of amides is 2. The maximum absolute atomic E-state index is 12.3. The zero-order chi connectivity index (χ0) is 18.4. The summed E-state index contributed by atoms with van der Waals surface area (Å²) in [5.74, 6) is 0.125. The summed E-state index contributed by atoms with van der Waals surface area (Å²) in [5, 5.41) is 6.29. The number of benzene rings is 1. The quantitative estimate of drug-likeness (QED) is 0.287. The fraction of sp³-hybridized carbons (Fsp3) is 0.263. The summed E-state index contributed by atoms with van der Waals surface area (Å²) < 4.78 is 0. The lowest BCUT2D eigenvalue weighted by molar-refractivity contribution is 0.0657. The number of carbonyl (C=O) groups excluding carboxylic acids is 2. The Morgan fingerprint density at radius 1 is 1.04 bits per heavy atom. The van der Waals surface area contributed by atoms with Gasteiger partial charge in [0.05, 0.1) is 23.4 Å². The summed E-state index contributed by atoms with van der Waals surface area (Å²) in [7, 11) is 0. The molecule has 1 aliphatic heterocycles. The first kappa shape index (κ1) is 20.8.